The van der Waals surface area contributed by atoms with Gasteiger partial charge >= 0.3 is 24.0 Å². The first kappa shape index (κ1) is 23.9. The Bertz CT molecular complexity index is 667. The Hall–Kier alpha value is -2.13. The minimum atomic E-state index is -6.37. The third-order valence-corrected chi connectivity index (χ3v) is 4.06. The first-order valence-electron chi connectivity index (χ1n) is 8.33. The summed E-state index contributed by atoms with van der Waals surface area (Å²) in [5.74, 6) is -12.5. The van der Waals surface area contributed by atoms with Crippen LogP contribution in [0, 0.1) is 0 Å². The predicted octanol–water partition coefficient (Wildman–Crippen LogP) is 5.37. The summed E-state index contributed by atoms with van der Waals surface area (Å²) in [6, 6.07) is 5.96. The molecule has 1 rings (SSSR count). The van der Waals surface area contributed by atoms with Crippen LogP contribution in [-0.2, 0) is 16.0 Å². The summed E-state index contributed by atoms with van der Waals surface area (Å²) in [6.07, 6.45) is -8.29. The number of methoxy groups -OCH3 is 1. The van der Waals surface area contributed by atoms with E-state index in [0.29, 0.717) is 12.8 Å². The molecule has 0 aliphatic carbocycles. The lowest BCUT2D eigenvalue weighted by molar-refractivity contribution is -0.355. The molecular formula is C18H19F7O3. The number of Topliss-reactive ketones (excluding diaryl/α,β-unsaturated/α-hetero) is 1. The van der Waals surface area contributed by atoms with Gasteiger partial charge in [0.25, 0.3) is 0 Å². The molecule has 0 radical (unpaired) electrons. The molecule has 3 nitrogen and oxygen atoms in total. The van der Waals surface area contributed by atoms with E-state index in [1.54, 1.807) is 12.1 Å². The lowest BCUT2D eigenvalue weighted by Crippen LogP contribution is -2.51. The molecule has 0 amide bonds. The Morgan fingerprint density at radius 1 is 0.893 bits per heavy atom. The third kappa shape index (κ3) is 6.20. The van der Waals surface area contributed by atoms with Crippen LogP contribution in [0.3, 0.4) is 0 Å². The van der Waals surface area contributed by atoms with Crippen LogP contribution >= 0.6 is 0 Å². The summed E-state index contributed by atoms with van der Waals surface area (Å²) in [5, 5.41) is 0. The van der Waals surface area contributed by atoms with Crippen molar-refractivity contribution in [2.24, 2.45) is 0 Å². The molecule has 0 spiro atoms. The topological polar surface area (TPSA) is 43.4 Å². The van der Waals surface area contributed by atoms with Gasteiger partial charge in [0.2, 0.25) is 0 Å². The van der Waals surface area contributed by atoms with Crippen molar-refractivity contribution in [3.63, 3.8) is 0 Å². The molecule has 0 atom stereocenters. The van der Waals surface area contributed by atoms with E-state index in [1.807, 2.05) is 0 Å². The van der Waals surface area contributed by atoms with E-state index < -0.39 is 43.1 Å². The van der Waals surface area contributed by atoms with Crippen LogP contribution < -0.4 is 0 Å². The van der Waals surface area contributed by atoms with Crippen molar-refractivity contribution in [1.82, 2.24) is 0 Å². The van der Waals surface area contributed by atoms with Crippen molar-refractivity contribution in [2.75, 3.05) is 7.11 Å². The molecule has 0 fully saturated rings. The lowest BCUT2D eigenvalue weighted by atomic mass is 9.99. The summed E-state index contributed by atoms with van der Waals surface area (Å²) in [4.78, 5) is 22.9. The zero-order valence-corrected chi connectivity index (χ0v) is 14.9. The molecule has 0 aliphatic rings. The zero-order valence-electron chi connectivity index (χ0n) is 14.9. The fourth-order valence-corrected chi connectivity index (χ4v) is 2.38. The maximum absolute atomic E-state index is 13.2. The molecule has 158 valence electrons. The second-order valence-corrected chi connectivity index (χ2v) is 6.18. The monoisotopic (exact) mass is 416 g/mol. The van der Waals surface area contributed by atoms with Gasteiger partial charge in [-0.1, -0.05) is 24.3 Å². The fraction of sp³-hybridized carbons (Fsp3) is 0.556. The van der Waals surface area contributed by atoms with E-state index in [9.17, 15) is 40.3 Å². The molecule has 0 saturated carbocycles. The second kappa shape index (κ2) is 9.38. The summed E-state index contributed by atoms with van der Waals surface area (Å²) in [7, 11) is 1.27. The van der Waals surface area contributed by atoms with Gasteiger partial charge < -0.3 is 4.74 Å². The molecule has 1 aromatic carbocycles. The van der Waals surface area contributed by atoms with Gasteiger partial charge in [-0.15, -0.1) is 0 Å². The maximum atomic E-state index is 13.2. The van der Waals surface area contributed by atoms with Crippen LogP contribution in [0.1, 0.15) is 48.0 Å². The highest BCUT2D eigenvalue weighted by atomic mass is 19.4. The van der Waals surface area contributed by atoms with Gasteiger partial charge in [-0.05, 0) is 24.8 Å². The average molecular weight is 416 g/mol. The highest BCUT2D eigenvalue weighted by Gasteiger charge is 2.72. The quantitative estimate of drug-likeness (QED) is 0.293. The van der Waals surface area contributed by atoms with E-state index in [4.69, 9.17) is 0 Å². The number of carbonyl (C=O) groups excluding carboxylic acids is 2. The molecule has 0 aromatic heterocycles. The van der Waals surface area contributed by atoms with Crippen molar-refractivity contribution < 1.29 is 45.1 Å². The van der Waals surface area contributed by atoms with Crippen LogP contribution in [-0.4, -0.2) is 36.9 Å². The minimum Gasteiger partial charge on any atom is -0.469 e. The number of benzene rings is 1. The number of halogens is 7. The van der Waals surface area contributed by atoms with Gasteiger partial charge in [0.05, 0.1) is 7.11 Å². The smallest absolute Gasteiger partial charge is 0.459 e. The van der Waals surface area contributed by atoms with Crippen molar-refractivity contribution >= 4 is 11.8 Å². The first-order chi connectivity index (χ1) is 12.8. The molecule has 0 N–H and O–H groups in total. The Labute approximate surface area is 156 Å². The number of esters is 1. The molecule has 10 heteroatoms. The minimum absolute atomic E-state index is 0.127. The second-order valence-electron chi connectivity index (χ2n) is 6.18. The summed E-state index contributed by atoms with van der Waals surface area (Å²) >= 11 is 0. The normalized spacial score (nSPS) is 12.7. The number of ketones is 1. The van der Waals surface area contributed by atoms with E-state index in [-0.39, 0.29) is 18.0 Å². The number of ether oxygens (including phenoxy) is 1. The number of carbonyl (C=O) groups is 2. The fourth-order valence-electron chi connectivity index (χ4n) is 2.38. The van der Waals surface area contributed by atoms with E-state index in [0.717, 1.165) is 5.56 Å². The Kier molecular flexibility index (Phi) is 8.01. The van der Waals surface area contributed by atoms with Crippen LogP contribution in [0.5, 0.6) is 0 Å². The van der Waals surface area contributed by atoms with Crippen LogP contribution in [0.15, 0.2) is 24.3 Å². The van der Waals surface area contributed by atoms with E-state index in [2.05, 4.69) is 4.74 Å². The van der Waals surface area contributed by atoms with E-state index >= 15 is 0 Å². The van der Waals surface area contributed by atoms with Gasteiger partial charge in [-0.2, -0.15) is 30.7 Å². The summed E-state index contributed by atoms with van der Waals surface area (Å²) in [5.41, 5.74) is 0.930. The van der Waals surface area contributed by atoms with Gasteiger partial charge in [0.15, 0.2) is 5.78 Å². The van der Waals surface area contributed by atoms with Crippen LogP contribution in [0.2, 0.25) is 0 Å². The third-order valence-electron chi connectivity index (χ3n) is 4.06. The molecule has 28 heavy (non-hydrogen) atoms. The van der Waals surface area contributed by atoms with Crippen molar-refractivity contribution in [3.8, 4) is 0 Å². The van der Waals surface area contributed by atoms with Crippen molar-refractivity contribution in [2.45, 2.75) is 56.5 Å². The number of aryl methyl sites for hydroxylation is 1. The summed E-state index contributed by atoms with van der Waals surface area (Å²) < 4.78 is 92.6. The highest BCUT2D eigenvalue weighted by Crippen LogP contribution is 2.48. The Balaban J connectivity index is 2.54. The zero-order chi connectivity index (χ0) is 21.6. The number of hydrogen-bond acceptors (Lipinski definition) is 3. The lowest BCUT2D eigenvalue weighted by Gasteiger charge is -2.28. The van der Waals surface area contributed by atoms with Crippen molar-refractivity contribution in [3.05, 3.63) is 35.4 Å². The molecule has 0 saturated heterocycles. The van der Waals surface area contributed by atoms with Gasteiger partial charge in [-0.25, -0.2) is 0 Å². The molecular weight excluding hydrogens is 397 g/mol. The molecule has 0 unspecified atom stereocenters. The number of alkyl halides is 7. The van der Waals surface area contributed by atoms with Gasteiger partial charge in [-0.3, -0.25) is 9.59 Å². The molecule has 0 aliphatic heterocycles. The summed E-state index contributed by atoms with van der Waals surface area (Å²) in [6.45, 7) is 0. The number of hydrogen-bond donors (Lipinski definition) is 0. The SMILES string of the molecule is COC(=O)CCCc1ccc(C(=O)CCCC(F)(F)C(F)(F)C(F)(F)F)cc1. The van der Waals surface area contributed by atoms with E-state index in [1.165, 1.54) is 19.2 Å². The maximum Gasteiger partial charge on any atom is 0.459 e. The predicted molar refractivity (Wildman–Crippen MR) is 85.5 cm³/mol. The van der Waals surface area contributed by atoms with Gasteiger partial charge in [0.1, 0.15) is 0 Å². The Morgan fingerprint density at radius 3 is 1.96 bits per heavy atom. The van der Waals surface area contributed by atoms with Gasteiger partial charge in [0, 0.05) is 24.8 Å². The standard InChI is InChI=1S/C18H19F7O3/c1-28-15(27)6-2-4-12-7-9-13(10-8-12)14(26)5-3-11-16(19,20)17(21,22)18(23,24)25/h7-10H,2-6,11H2,1H3. The van der Waals surface area contributed by atoms with Crippen LogP contribution in [0.25, 0.3) is 0 Å². The molecule has 0 bridgehead atoms. The Morgan fingerprint density at radius 2 is 1.46 bits per heavy atom. The van der Waals surface area contributed by atoms with Crippen molar-refractivity contribution in [1.29, 1.82) is 0 Å². The number of rotatable bonds is 10. The average Bonchev–Trinajstić information content (AvgIpc) is 2.60. The first-order valence-corrected chi connectivity index (χ1v) is 8.33. The van der Waals surface area contributed by atoms with Crippen LogP contribution in [0.4, 0.5) is 30.7 Å². The largest absolute Gasteiger partial charge is 0.469 e. The highest BCUT2D eigenvalue weighted by molar-refractivity contribution is 5.96. The molecule has 0 heterocycles. The molecule has 1 aromatic rings.